The van der Waals surface area contributed by atoms with Gasteiger partial charge in [-0.2, -0.15) is 0 Å². The van der Waals surface area contributed by atoms with E-state index in [0.717, 1.165) is 0 Å². The van der Waals surface area contributed by atoms with Crippen molar-refractivity contribution in [2.45, 2.75) is 26.3 Å². The number of likely N-dealkylation sites (N-methyl/N-ethyl adjacent to an activating group) is 1. The van der Waals surface area contributed by atoms with Crippen molar-refractivity contribution >= 4 is 5.97 Å². The summed E-state index contributed by atoms with van der Waals surface area (Å²) in [6.45, 7) is 6.96. The minimum Gasteiger partial charge on any atom is -0.480 e. The van der Waals surface area contributed by atoms with E-state index in [1.54, 1.807) is 25.3 Å². The molecular weight excluding hydrogens is 204 g/mol. The van der Waals surface area contributed by atoms with E-state index in [2.05, 4.69) is 4.98 Å². The Morgan fingerprint density at radius 2 is 2.06 bits per heavy atom. The lowest BCUT2D eigenvalue weighted by Crippen LogP contribution is -2.50. The first-order chi connectivity index (χ1) is 7.57. The second-order valence-electron chi connectivity index (χ2n) is 3.76. The van der Waals surface area contributed by atoms with Gasteiger partial charge in [0, 0.05) is 6.20 Å². The Balaban J connectivity index is 3.21. The van der Waals surface area contributed by atoms with Gasteiger partial charge < -0.3 is 5.11 Å². The van der Waals surface area contributed by atoms with Crippen LogP contribution in [0.1, 0.15) is 26.5 Å². The summed E-state index contributed by atoms with van der Waals surface area (Å²) < 4.78 is 0. The lowest BCUT2D eigenvalue weighted by molar-refractivity contribution is -0.151. The zero-order chi connectivity index (χ0) is 12.2. The highest BCUT2D eigenvalue weighted by atomic mass is 16.4. The smallest absolute Gasteiger partial charge is 0.330 e. The van der Waals surface area contributed by atoms with E-state index >= 15 is 0 Å². The molecule has 0 aromatic carbocycles. The van der Waals surface area contributed by atoms with E-state index < -0.39 is 11.5 Å². The van der Waals surface area contributed by atoms with E-state index in [1.807, 2.05) is 24.8 Å². The van der Waals surface area contributed by atoms with Gasteiger partial charge in [-0.15, -0.1) is 0 Å². The first-order valence-corrected chi connectivity index (χ1v) is 5.47. The summed E-state index contributed by atoms with van der Waals surface area (Å²) in [7, 11) is 0. The number of pyridine rings is 1. The predicted molar refractivity (Wildman–Crippen MR) is 62.1 cm³/mol. The number of aromatic nitrogens is 1. The number of hydrogen-bond acceptors (Lipinski definition) is 3. The first kappa shape index (κ1) is 12.6. The summed E-state index contributed by atoms with van der Waals surface area (Å²) >= 11 is 0. The quantitative estimate of drug-likeness (QED) is 0.824. The Hall–Kier alpha value is -1.42. The van der Waals surface area contributed by atoms with Crippen molar-refractivity contribution in [2.75, 3.05) is 13.1 Å². The first-order valence-electron chi connectivity index (χ1n) is 5.47. The Kier molecular flexibility index (Phi) is 4.01. The molecule has 1 aromatic heterocycles. The summed E-state index contributed by atoms with van der Waals surface area (Å²) in [5.74, 6) is -0.866. The summed E-state index contributed by atoms with van der Waals surface area (Å²) in [4.78, 5) is 17.6. The van der Waals surface area contributed by atoms with Crippen molar-refractivity contribution in [3.8, 4) is 0 Å². The molecule has 1 heterocycles. The molecule has 4 nitrogen and oxygen atoms in total. The molecule has 0 bridgehead atoms. The summed E-state index contributed by atoms with van der Waals surface area (Å²) in [6.07, 6.45) is 1.63. The van der Waals surface area contributed by atoms with E-state index in [9.17, 15) is 9.90 Å². The van der Waals surface area contributed by atoms with E-state index in [4.69, 9.17) is 0 Å². The maximum atomic E-state index is 11.5. The van der Waals surface area contributed by atoms with Gasteiger partial charge in [0.1, 0.15) is 0 Å². The van der Waals surface area contributed by atoms with Crippen molar-refractivity contribution in [1.29, 1.82) is 0 Å². The maximum absolute atomic E-state index is 11.5. The van der Waals surface area contributed by atoms with Crippen LogP contribution in [0.4, 0.5) is 0 Å². The minimum absolute atomic E-state index is 0.575. The average molecular weight is 222 g/mol. The third-order valence-corrected chi connectivity index (χ3v) is 2.98. The van der Waals surface area contributed by atoms with Crippen LogP contribution in [0.25, 0.3) is 0 Å². The Morgan fingerprint density at radius 3 is 2.44 bits per heavy atom. The predicted octanol–water partition coefficient (Wildman–Crippen LogP) is 1.72. The Morgan fingerprint density at radius 1 is 1.44 bits per heavy atom. The molecular formula is C12H18N2O2. The topological polar surface area (TPSA) is 53.4 Å². The zero-order valence-corrected chi connectivity index (χ0v) is 9.97. The molecule has 0 aliphatic rings. The van der Waals surface area contributed by atoms with Gasteiger partial charge in [0.15, 0.2) is 5.54 Å². The molecule has 1 unspecified atom stereocenters. The van der Waals surface area contributed by atoms with E-state index in [0.29, 0.717) is 18.8 Å². The van der Waals surface area contributed by atoms with Crippen molar-refractivity contribution in [3.63, 3.8) is 0 Å². The lowest BCUT2D eigenvalue weighted by Gasteiger charge is -2.35. The van der Waals surface area contributed by atoms with Gasteiger partial charge in [-0.3, -0.25) is 9.88 Å². The Labute approximate surface area is 95.9 Å². The monoisotopic (exact) mass is 222 g/mol. The molecule has 0 fully saturated rings. The fourth-order valence-electron chi connectivity index (χ4n) is 1.91. The van der Waals surface area contributed by atoms with Crippen LogP contribution in [0.5, 0.6) is 0 Å². The van der Waals surface area contributed by atoms with Crippen LogP contribution in [0.2, 0.25) is 0 Å². The SMILES string of the molecule is CCN(CC)C(C)(C(=O)O)c1ccccn1. The number of carboxylic acids is 1. The van der Waals surface area contributed by atoms with Crippen LogP contribution < -0.4 is 0 Å². The average Bonchev–Trinajstić information content (AvgIpc) is 2.31. The normalized spacial score (nSPS) is 14.8. The lowest BCUT2D eigenvalue weighted by atomic mass is 9.94. The van der Waals surface area contributed by atoms with E-state index in [1.165, 1.54) is 0 Å². The highest BCUT2D eigenvalue weighted by Gasteiger charge is 2.41. The molecule has 4 heteroatoms. The summed E-state index contributed by atoms with van der Waals surface area (Å²) in [5.41, 5.74) is -0.476. The largest absolute Gasteiger partial charge is 0.480 e. The van der Waals surface area contributed by atoms with Crippen LogP contribution in [0.15, 0.2) is 24.4 Å². The number of aliphatic carboxylic acids is 1. The van der Waals surface area contributed by atoms with Gasteiger partial charge in [0.25, 0.3) is 0 Å². The van der Waals surface area contributed by atoms with Crippen LogP contribution in [0.3, 0.4) is 0 Å². The summed E-state index contributed by atoms with van der Waals surface area (Å²) in [5, 5.41) is 9.44. The van der Waals surface area contributed by atoms with Crippen molar-refractivity contribution in [3.05, 3.63) is 30.1 Å². The van der Waals surface area contributed by atoms with Gasteiger partial charge in [-0.1, -0.05) is 19.9 Å². The van der Waals surface area contributed by atoms with Crippen LogP contribution in [-0.4, -0.2) is 34.0 Å². The van der Waals surface area contributed by atoms with Crippen molar-refractivity contribution < 1.29 is 9.90 Å². The van der Waals surface area contributed by atoms with Gasteiger partial charge in [-0.25, -0.2) is 4.79 Å². The Bertz CT molecular complexity index is 349. The fraction of sp³-hybridized carbons (Fsp3) is 0.500. The number of rotatable bonds is 5. The molecule has 1 aromatic rings. The molecule has 1 N–H and O–H groups in total. The third kappa shape index (κ3) is 2.07. The third-order valence-electron chi connectivity index (χ3n) is 2.98. The highest BCUT2D eigenvalue weighted by molar-refractivity contribution is 5.79. The number of hydrogen-bond donors (Lipinski definition) is 1. The molecule has 0 aliphatic carbocycles. The van der Waals surface area contributed by atoms with Crippen LogP contribution in [-0.2, 0) is 10.3 Å². The molecule has 88 valence electrons. The second-order valence-corrected chi connectivity index (χ2v) is 3.76. The molecule has 0 radical (unpaired) electrons. The number of carbonyl (C=O) groups is 1. The van der Waals surface area contributed by atoms with Gasteiger partial charge in [-0.05, 0) is 32.1 Å². The van der Waals surface area contributed by atoms with Crippen molar-refractivity contribution in [2.24, 2.45) is 0 Å². The minimum atomic E-state index is -1.05. The molecule has 0 spiro atoms. The number of nitrogens with zero attached hydrogens (tertiary/aromatic N) is 2. The summed E-state index contributed by atoms with van der Waals surface area (Å²) in [6, 6.07) is 5.35. The van der Waals surface area contributed by atoms with Gasteiger partial charge in [0.2, 0.25) is 0 Å². The molecule has 0 amide bonds. The van der Waals surface area contributed by atoms with Crippen LogP contribution in [0, 0.1) is 0 Å². The van der Waals surface area contributed by atoms with E-state index in [-0.39, 0.29) is 0 Å². The zero-order valence-electron chi connectivity index (χ0n) is 9.97. The molecule has 0 saturated carbocycles. The molecule has 1 rings (SSSR count). The fourth-order valence-corrected chi connectivity index (χ4v) is 1.91. The van der Waals surface area contributed by atoms with Gasteiger partial charge >= 0.3 is 5.97 Å². The van der Waals surface area contributed by atoms with Crippen LogP contribution >= 0.6 is 0 Å². The maximum Gasteiger partial charge on any atom is 0.330 e. The second kappa shape index (κ2) is 5.07. The highest BCUT2D eigenvalue weighted by Crippen LogP contribution is 2.26. The molecule has 0 saturated heterocycles. The standard InChI is InChI=1S/C12H18N2O2/c1-4-14(5-2)12(3,11(15)16)10-8-6-7-9-13-10/h6-9H,4-5H2,1-3H3,(H,15,16). The van der Waals surface area contributed by atoms with Gasteiger partial charge in [0.05, 0.1) is 5.69 Å². The molecule has 0 aliphatic heterocycles. The molecule has 16 heavy (non-hydrogen) atoms. The molecule has 1 atom stereocenters. The van der Waals surface area contributed by atoms with Crippen molar-refractivity contribution in [1.82, 2.24) is 9.88 Å². The number of carboxylic acid groups (broad SMARTS) is 1.